The highest BCUT2D eigenvalue weighted by atomic mass is 16.2. The second kappa shape index (κ2) is 9.97. The maximum Gasteiger partial charge on any atom is 0.254 e. The second-order valence-corrected chi connectivity index (χ2v) is 6.98. The van der Waals surface area contributed by atoms with Crippen LogP contribution in [0.2, 0.25) is 0 Å². The maximum absolute atomic E-state index is 12.8. The predicted molar refractivity (Wildman–Crippen MR) is 102 cm³/mol. The molecule has 0 spiro atoms. The van der Waals surface area contributed by atoms with Crippen molar-refractivity contribution < 1.29 is 19.2 Å². The summed E-state index contributed by atoms with van der Waals surface area (Å²) in [7, 11) is 1.65. The summed E-state index contributed by atoms with van der Waals surface area (Å²) in [5.41, 5.74) is 1.86. The summed E-state index contributed by atoms with van der Waals surface area (Å²) in [6.07, 6.45) is 3.69. The van der Waals surface area contributed by atoms with E-state index in [9.17, 15) is 19.2 Å². The van der Waals surface area contributed by atoms with Crippen LogP contribution in [0.5, 0.6) is 0 Å². The normalized spacial score (nSPS) is 15.6. The van der Waals surface area contributed by atoms with Gasteiger partial charge in [-0.2, -0.15) is 0 Å². The summed E-state index contributed by atoms with van der Waals surface area (Å²) in [6.45, 7) is 3.75. The van der Waals surface area contributed by atoms with Gasteiger partial charge in [-0.25, -0.2) is 0 Å². The van der Waals surface area contributed by atoms with Gasteiger partial charge in [0.25, 0.3) is 5.91 Å². The SMILES string of the molecule is CC(CCC(=O)NC=O)N(C)C(=O)c1ccc(C2CCNCC2)cc1C=O. The minimum absolute atomic E-state index is 0.146. The number of benzene rings is 1. The molecule has 146 valence electrons. The number of imide groups is 1. The molecule has 27 heavy (non-hydrogen) atoms. The Balaban J connectivity index is 2.08. The molecule has 1 atom stereocenters. The first kappa shape index (κ1) is 20.8. The molecule has 1 aromatic carbocycles. The van der Waals surface area contributed by atoms with Crippen LogP contribution in [0.1, 0.15) is 64.8 Å². The van der Waals surface area contributed by atoms with E-state index >= 15 is 0 Å². The number of amides is 3. The van der Waals surface area contributed by atoms with E-state index in [1.165, 1.54) is 4.90 Å². The third kappa shape index (κ3) is 5.47. The summed E-state index contributed by atoms with van der Waals surface area (Å²) in [6, 6.07) is 5.28. The Labute approximate surface area is 159 Å². The Morgan fingerprint density at radius 1 is 1.30 bits per heavy atom. The molecule has 7 heteroatoms. The molecule has 0 aromatic heterocycles. The number of carbonyl (C=O) groups excluding carboxylic acids is 4. The number of hydrogen-bond donors (Lipinski definition) is 2. The fourth-order valence-corrected chi connectivity index (χ4v) is 3.34. The van der Waals surface area contributed by atoms with Crippen molar-refractivity contribution in [2.24, 2.45) is 0 Å². The largest absolute Gasteiger partial charge is 0.339 e. The van der Waals surface area contributed by atoms with Crippen LogP contribution in [0.4, 0.5) is 0 Å². The zero-order valence-electron chi connectivity index (χ0n) is 15.9. The predicted octanol–water partition coefficient (Wildman–Crippen LogP) is 1.48. The lowest BCUT2D eigenvalue weighted by molar-refractivity contribution is -0.125. The fraction of sp³-hybridized carbons (Fsp3) is 0.500. The molecule has 0 aliphatic carbocycles. The number of rotatable bonds is 8. The molecule has 0 saturated carbocycles. The van der Waals surface area contributed by atoms with Crippen molar-refractivity contribution >= 4 is 24.5 Å². The molecule has 0 bridgehead atoms. The van der Waals surface area contributed by atoms with Gasteiger partial charge in [-0.1, -0.05) is 6.07 Å². The van der Waals surface area contributed by atoms with Gasteiger partial charge in [0.2, 0.25) is 12.3 Å². The van der Waals surface area contributed by atoms with E-state index in [1.807, 2.05) is 19.1 Å². The van der Waals surface area contributed by atoms with Crippen LogP contribution in [0, 0.1) is 0 Å². The molecule has 2 N–H and O–H groups in total. The van der Waals surface area contributed by atoms with Crippen molar-refractivity contribution in [3.63, 3.8) is 0 Å². The molecular weight excluding hydrogens is 346 g/mol. The smallest absolute Gasteiger partial charge is 0.254 e. The first-order valence-electron chi connectivity index (χ1n) is 9.28. The number of aldehydes is 1. The van der Waals surface area contributed by atoms with E-state index in [4.69, 9.17) is 0 Å². The van der Waals surface area contributed by atoms with E-state index in [0.29, 0.717) is 29.9 Å². The topological polar surface area (TPSA) is 95.6 Å². The lowest BCUT2D eigenvalue weighted by Crippen LogP contribution is -2.36. The molecule has 1 aromatic rings. The third-order valence-corrected chi connectivity index (χ3v) is 5.23. The number of carbonyl (C=O) groups is 4. The summed E-state index contributed by atoms with van der Waals surface area (Å²) >= 11 is 0. The van der Waals surface area contributed by atoms with Crippen molar-refractivity contribution in [2.45, 2.75) is 44.6 Å². The van der Waals surface area contributed by atoms with Gasteiger partial charge in [-0.05, 0) is 62.9 Å². The van der Waals surface area contributed by atoms with Crippen LogP contribution < -0.4 is 10.6 Å². The van der Waals surface area contributed by atoms with E-state index in [-0.39, 0.29) is 24.3 Å². The first-order chi connectivity index (χ1) is 13.0. The number of hydrogen-bond acceptors (Lipinski definition) is 5. The van der Waals surface area contributed by atoms with Gasteiger partial charge in [0, 0.05) is 25.1 Å². The Morgan fingerprint density at radius 3 is 2.63 bits per heavy atom. The third-order valence-electron chi connectivity index (χ3n) is 5.23. The van der Waals surface area contributed by atoms with Crippen LogP contribution in [0.25, 0.3) is 0 Å². The van der Waals surface area contributed by atoms with Crippen molar-refractivity contribution in [2.75, 3.05) is 20.1 Å². The van der Waals surface area contributed by atoms with Crippen molar-refractivity contribution in [3.05, 3.63) is 34.9 Å². The molecule has 1 unspecified atom stereocenters. The van der Waals surface area contributed by atoms with Crippen LogP contribution in [-0.4, -0.2) is 55.6 Å². The van der Waals surface area contributed by atoms with Gasteiger partial charge in [-0.3, -0.25) is 24.5 Å². The Hall–Kier alpha value is -2.54. The Morgan fingerprint density at radius 2 is 2.00 bits per heavy atom. The van der Waals surface area contributed by atoms with E-state index in [1.54, 1.807) is 13.1 Å². The number of nitrogens with one attached hydrogen (secondary N) is 2. The number of piperidine rings is 1. The zero-order valence-corrected chi connectivity index (χ0v) is 15.9. The highest BCUT2D eigenvalue weighted by Gasteiger charge is 2.22. The molecule has 1 aliphatic heterocycles. The average Bonchev–Trinajstić information content (AvgIpc) is 2.71. The highest BCUT2D eigenvalue weighted by molar-refractivity contribution is 6.01. The molecule has 1 fully saturated rings. The Bertz CT molecular complexity index is 698. The van der Waals surface area contributed by atoms with Crippen molar-refractivity contribution in [1.29, 1.82) is 0 Å². The molecule has 2 rings (SSSR count). The summed E-state index contributed by atoms with van der Waals surface area (Å²) in [5.74, 6) is -0.225. The average molecular weight is 373 g/mol. The molecule has 1 aliphatic rings. The maximum atomic E-state index is 12.8. The zero-order chi connectivity index (χ0) is 19.8. The van der Waals surface area contributed by atoms with Gasteiger partial charge in [0.15, 0.2) is 6.29 Å². The number of nitrogens with zero attached hydrogens (tertiary/aromatic N) is 1. The lowest BCUT2D eigenvalue weighted by atomic mass is 9.88. The van der Waals surface area contributed by atoms with Crippen molar-refractivity contribution in [3.8, 4) is 0 Å². The highest BCUT2D eigenvalue weighted by Crippen LogP contribution is 2.27. The molecule has 1 heterocycles. The van der Waals surface area contributed by atoms with Crippen LogP contribution in [-0.2, 0) is 9.59 Å². The molecule has 1 saturated heterocycles. The molecular formula is C20H27N3O4. The summed E-state index contributed by atoms with van der Waals surface area (Å²) in [5, 5.41) is 5.40. The minimum Gasteiger partial charge on any atom is -0.339 e. The van der Waals surface area contributed by atoms with E-state index < -0.39 is 0 Å². The Kier molecular flexibility index (Phi) is 7.67. The lowest BCUT2D eigenvalue weighted by Gasteiger charge is -2.26. The van der Waals surface area contributed by atoms with Crippen LogP contribution in [0.3, 0.4) is 0 Å². The van der Waals surface area contributed by atoms with Gasteiger partial charge in [-0.15, -0.1) is 0 Å². The van der Waals surface area contributed by atoms with Gasteiger partial charge in [0.1, 0.15) is 0 Å². The summed E-state index contributed by atoms with van der Waals surface area (Å²) < 4.78 is 0. The first-order valence-corrected chi connectivity index (χ1v) is 9.28. The van der Waals surface area contributed by atoms with Crippen molar-refractivity contribution in [1.82, 2.24) is 15.5 Å². The molecule has 0 radical (unpaired) electrons. The van der Waals surface area contributed by atoms with E-state index in [2.05, 4.69) is 10.6 Å². The van der Waals surface area contributed by atoms with Crippen LogP contribution in [0.15, 0.2) is 18.2 Å². The monoisotopic (exact) mass is 373 g/mol. The van der Waals surface area contributed by atoms with E-state index in [0.717, 1.165) is 37.8 Å². The standard InChI is InChI=1S/C20H27N3O4/c1-14(3-6-19(26)22-13-25)23(2)20(27)18-5-4-16(11-17(18)12-24)15-7-9-21-10-8-15/h4-5,11-15,21H,3,6-10H2,1-2H3,(H,22,25,26). The molecule has 3 amide bonds. The summed E-state index contributed by atoms with van der Waals surface area (Å²) in [4.78, 5) is 47.6. The van der Waals surface area contributed by atoms with Gasteiger partial charge < -0.3 is 10.2 Å². The van der Waals surface area contributed by atoms with Crippen LogP contribution >= 0.6 is 0 Å². The fourth-order valence-electron chi connectivity index (χ4n) is 3.34. The van der Waals surface area contributed by atoms with Gasteiger partial charge >= 0.3 is 0 Å². The minimum atomic E-state index is -0.377. The molecule has 7 nitrogen and oxygen atoms in total. The quantitative estimate of drug-likeness (QED) is 0.673. The second-order valence-electron chi connectivity index (χ2n) is 6.98. The van der Waals surface area contributed by atoms with Gasteiger partial charge in [0.05, 0.1) is 5.56 Å².